The summed E-state index contributed by atoms with van der Waals surface area (Å²) in [6.45, 7) is 3.39. The molecule has 116 valence electrons. The number of carbonyl (C=O) groups excluding carboxylic acids is 1. The Hall–Kier alpha value is -2.69. The second-order valence-corrected chi connectivity index (χ2v) is 4.50. The number of amides is 2. The van der Waals surface area contributed by atoms with E-state index in [-0.39, 0.29) is 6.03 Å². The molecule has 0 spiro atoms. The predicted octanol–water partition coefficient (Wildman–Crippen LogP) is 3.29. The summed E-state index contributed by atoms with van der Waals surface area (Å²) in [6.07, 6.45) is 0. The third-order valence-corrected chi connectivity index (χ3v) is 2.82. The molecule has 0 aliphatic heterocycles. The maximum absolute atomic E-state index is 11.7. The standard InChI is InChI=1S/C17H20N2O3/c1-2-21-16-10-8-14(9-11-16)19-17(20)18-12-13-22-15-6-4-3-5-7-15/h3-11H,2,12-13H2,1H3,(H2,18,19,20). The van der Waals surface area contributed by atoms with Crippen molar-refractivity contribution in [2.75, 3.05) is 25.1 Å². The fraction of sp³-hybridized carbons (Fsp3) is 0.235. The molecule has 2 amide bonds. The molecule has 2 rings (SSSR count). The quantitative estimate of drug-likeness (QED) is 0.771. The van der Waals surface area contributed by atoms with Crippen molar-refractivity contribution < 1.29 is 14.3 Å². The number of urea groups is 1. The lowest BCUT2D eigenvalue weighted by Crippen LogP contribution is -2.32. The van der Waals surface area contributed by atoms with Crippen molar-refractivity contribution in [3.63, 3.8) is 0 Å². The molecule has 0 saturated carbocycles. The van der Waals surface area contributed by atoms with E-state index in [2.05, 4.69) is 10.6 Å². The Labute approximate surface area is 130 Å². The largest absolute Gasteiger partial charge is 0.494 e. The maximum Gasteiger partial charge on any atom is 0.319 e. The topological polar surface area (TPSA) is 59.6 Å². The number of carbonyl (C=O) groups is 1. The molecule has 2 aromatic carbocycles. The minimum atomic E-state index is -0.263. The molecular weight excluding hydrogens is 280 g/mol. The Morgan fingerprint density at radius 3 is 2.32 bits per heavy atom. The van der Waals surface area contributed by atoms with Gasteiger partial charge in [0, 0.05) is 5.69 Å². The van der Waals surface area contributed by atoms with Gasteiger partial charge in [0.15, 0.2) is 0 Å². The van der Waals surface area contributed by atoms with Gasteiger partial charge in [0.05, 0.1) is 13.2 Å². The first kappa shape index (κ1) is 15.7. The summed E-state index contributed by atoms with van der Waals surface area (Å²) in [7, 11) is 0. The highest BCUT2D eigenvalue weighted by atomic mass is 16.5. The normalized spacial score (nSPS) is 9.86. The van der Waals surface area contributed by atoms with Crippen molar-refractivity contribution in [2.45, 2.75) is 6.92 Å². The average molecular weight is 300 g/mol. The van der Waals surface area contributed by atoms with Crippen LogP contribution in [0.5, 0.6) is 11.5 Å². The van der Waals surface area contributed by atoms with Gasteiger partial charge in [-0.2, -0.15) is 0 Å². The van der Waals surface area contributed by atoms with Crippen LogP contribution in [-0.2, 0) is 0 Å². The van der Waals surface area contributed by atoms with Crippen LogP contribution in [-0.4, -0.2) is 25.8 Å². The Balaban J connectivity index is 1.67. The summed E-state index contributed by atoms with van der Waals surface area (Å²) in [6, 6.07) is 16.4. The fourth-order valence-electron chi connectivity index (χ4n) is 1.83. The van der Waals surface area contributed by atoms with Gasteiger partial charge in [0.2, 0.25) is 0 Å². The van der Waals surface area contributed by atoms with Crippen molar-refractivity contribution >= 4 is 11.7 Å². The number of hydrogen-bond donors (Lipinski definition) is 2. The zero-order chi connectivity index (χ0) is 15.6. The highest BCUT2D eigenvalue weighted by Crippen LogP contribution is 2.15. The van der Waals surface area contributed by atoms with Crippen LogP contribution >= 0.6 is 0 Å². The SMILES string of the molecule is CCOc1ccc(NC(=O)NCCOc2ccccc2)cc1. The zero-order valence-corrected chi connectivity index (χ0v) is 12.5. The molecule has 0 heterocycles. The number of hydrogen-bond acceptors (Lipinski definition) is 3. The third-order valence-electron chi connectivity index (χ3n) is 2.82. The smallest absolute Gasteiger partial charge is 0.319 e. The molecule has 0 bridgehead atoms. The molecule has 0 fully saturated rings. The van der Waals surface area contributed by atoms with Crippen molar-refractivity contribution in [3.05, 3.63) is 54.6 Å². The van der Waals surface area contributed by atoms with Crippen molar-refractivity contribution in [1.29, 1.82) is 0 Å². The van der Waals surface area contributed by atoms with Gasteiger partial charge >= 0.3 is 6.03 Å². The Bertz CT molecular complexity index is 570. The summed E-state index contributed by atoms with van der Waals surface area (Å²) < 4.78 is 10.8. The van der Waals surface area contributed by atoms with Crippen LogP contribution in [0.2, 0.25) is 0 Å². The first-order valence-electron chi connectivity index (χ1n) is 7.23. The Kier molecular flexibility index (Phi) is 6.11. The number of anilines is 1. The molecule has 0 radical (unpaired) electrons. The van der Waals surface area contributed by atoms with Crippen LogP contribution in [0.3, 0.4) is 0 Å². The minimum Gasteiger partial charge on any atom is -0.494 e. The summed E-state index contributed by atoms with van der Waals surface area (Å²) in [5.74, 6) is 1.57. The van der Waals surface area contributed by atoms with Crippen LogP contribution in [0, 0.1) is 0 Å². The molecule has 0 aromatic heterocycles. The first-order valence-corrected chi connectivity index (χ1v) is 7.23. The van der Waals surface area contributed by atoms with Crippen molar-refractivity contribution in [1.82, 2.24) is 5.32 Å². The number of benzene rings is 2. The van der Waals surface area contributed by atoms with Crippen LogP contribution < -0.4 is 20.1 Å². The third kappa shape index (κ3) is 5.36. The number of para-hydroxylation sites is 1. The summed E-state index contributed by atoms with van der Waals surface area (Å²) in [4.78, 5) is 11.7. The van der Waals surface area contributed by atoms with E-state index in [1.54, 1.807) is 12.1 Å². The van der Waals surface area contributed by atoms with E-state index in [1.807, 2.05) is 49.4 Å². The molecule has 5 nitrogen and oxygen atoms in total. The van der Waals surface area contributed by atoms with Gasteiger partial charge in [0.25, 0.3) is 0 Å². The van der Waals surface area contributed by atoms with Crippen molar-refractivity contribution in [3.8, 4) is 11.5 Å². The number of rotatable bonds is 7. The van der Waals surface area contributed by atoms with Crippen LogP contribution in [0.4, 0.5) is 10.5 Å². The molecule has 0 atom stereocenters. The van der Waals surface area contributed by atoms with E-state index in [9.17, 15) is 4.79 Å². The van der Waals surface area contributed by atoms with Gasteiger partial charge in [-0.3, -0.25) is 0 Å². The lowest BCUT2D eigenvalue weighted by Gasteiger charge is -2.09. The van der Waals surface area contributed by atoms with Gasteiger partial charge in [-0.1, -0.05) is 18.2 Å². The van der Waals surface area contributed by atoms with Crippen LogP contribution in [0.25, 0.3) is 0 Å². The summed E-state index contributed by atoms with van der Waals surface area (Å²) in [5, 5.41) is 5.48. The van der Waals surface area contributed by atoms with Crippen LogP contribution in [0.1, 0.15) is 6.92 Å². The molecule has 5 heteroatoms. The maximum atomic E-state index is 11.7. The van der Waals surface area contributed by atoms with Gasteiger partial charge < -0.3 is 20.1 Å². The first-order chi connectivity index (χ1) is 10.8. The van der Waals surface area contributed by atoms with E-state index in [0.717, 1.165) is 11.5 Å². The van der Waals surface area contributed by atoms with E-state index >= 15 is 0 Å². The Morgan fingerprint density at radius 1 is 0.955 bits per heavy atom. The predicted molar refractivity (Wildman–Crippen MR) is 86.6 cm³/mol. The zero-order valence-electron chi connectivity index (χ0n) is 12.5. The van der Waals surface area contributed by atoms with Gasteiger partial charge in [-0.15, -0.1) is 0 Å². The van der Waals surface area contributed by atoms with E-state index in [1.165, 1.54) is 0 Å². The average Bonchev–Trinajstić information content (AvgIpc) is 2.55. The van der Waals surface area contributed by atoms with E-state index in [4.69, 9.17) is 9.47 Å². The molecule has 2 aromatic rings. The molecule has 0 saturated heterocycles. The summed E-state index contributed by atoms with van der Waals surface area (Å²) >= 11 is 0. The number of ether oxygens (including phenoxy) is 2. The lowest BCUT2D eigenvalue weighted by atomic mass is 10.3. The highest BCUT2D eigenvalue weighted by molar-refractivity contribution is 5.89. The molecule has 0 aliphatic rings. The Morgan fingerprint density at radius 2 is 1.64 bits per heavy atom. The summed E-state index contributed by atoms with van der Waals surface area (Å²) in [5.41, 5.74) is 0.713. The second kappa shape index (κ2) is 8.56. The van der Waals surface area contributed by atoms with Gasteiger partial charge in [0.1, 0.15) is 18.1 Å². The van der Waals surface area contributed by atoms with E-state index < -0.39 is 0 Å². The van der Waals surface area contributed by atoms with Gasteiger partial charge in [-0.25, -0.2) is 4.79 Å². The highest BCUT2D eigenvalue weighted by Gasteiger charge is 2.01. The van der Waals surface area contributed by atoms with Crippen LogP contribution in [0.15, 0.2) is 54.6 Å². The fourth-order valence-corrected chi connectivity index (χ4v) is 1.83. The molecule has 22 heavy (non-hydrogen) atoms. The molecule has 0 aliphatic carbocycles. The van der Waals surface area contributed by atoms with Crippen molar-refractivity contribution in [2.24, 2.45) is 0 Å². The monoisotopic (exact) mass is 300 g/mol. The second-order valence-electron chi connectivity index (χ2n) is 4.50. The molecule has 2 N–H and O–H groups in total. The lowest BCUT2D eigenvalue weighted by molar-refractivity contribution is 0.247. The molecule has 0 unspecified atom stereocenters. The van der Waals surface area contributed by atoms with Gasteiger partial charge in [-0.05, 0) is 43.3 Å². The molecular formula is C17H20N2O3. The number of nitrogens with one attached hydrogen (secondary N) is 2. The van der Waals surface area contributed by atoms with E-state index in [0.29, 0.717) is 25.4 Å². The minimum absolute atomic E-state index is 0.263.